The fourth-order valence-corrected chi connectivity index (χ4v) is 5.54. The number of benzene rings is 1. The first kappa shape index (κ1) is 23.1. The van der Waals surface area contributed by atoms with Crippen LogP contribution in [0.15, 0.2) is 23.1 Å². The Hall–Kier alpha value is -1.55. The second-order valence-corrected chi connectivity index (χ2v) is 9.98. The van der Waals surface area contributed by atoms with E-state index in [0.717, 1.165) is 25.1 Å². The zero-order valence-electron chi connectivity index (χ0n) is 17.6. The maximum atomic E-state index is 14.2. The minimum absolute atomic E-state index is 0.0759. The summed E-state index contributed by atoms with van der Waals surface area (Å²) in [5.74, 6) is -1.32. The summed E-state index contributed by atoms with van der Waals surface area (Å²) in [5.41, 5.74) is -0.245. The van der Waals surface area contributed by atoms with Crippen molar-refractivity contribution in [1.29, 1.82) is 0 Å². The highest BCUT2D eigenvalue weighted by atomic mass is 32.2. The SMILES string of the molecule is CN(CCCNC(=O)c1cc(S(=O)(=O)N2CCOCC2)ccc1F)C1CCCCC1. The fourth-order valence-electron chi connectivity index (χ4n) is 4.10. The largest absolute Gasteiger partial charge is 0.379 e. The van der Waals surface area contributed by atoms with Gasteiger partial charge in [-0.2, -0.15) is 4.31 Å². The number of sulfonamides is 1. The Balaban J connectivity index is 1.55. The van der Waals surface area contributed by atoms with Crippen molar-refractivity contribution >= 4 is 15.9 Å². The van der Waals surface area contributed by atoms with E-state index in [1.165, 1.54) is 42.5 Å². The van der Waals surface area contributed by atoms with E-state index < -0.39 is 21.7 Å². The lowest BCUT2D eigenvalue weighted by Crippen LogP contribution is -2.40. The summed E-state index contributed by atoms with van der Waals surface area (Å²) in [5, 5.41) is 2.72. The number of hydrogen-bond acceptors (Lipinski definition) is 5. The Kier molecular flexibility index (Phi) is 8.21. The van der Waals surface area contributed by atoms with E-state index in [9.17, 15) is 17.6 Å². The number of halogens is 1. The average molecular weight is 442 g/mol. The number of carbonyl (C=O) groups excluding carboxylic acids is 1. The normalized spacial score (nSPS) is 19.2. The summed E-state index contributed by atoms with van der Waals surface area (Å²) in [4.78, 5) is 14.7. The van der Waals surface area contributed by atoms with Crippen LogP contribution < -0.4 is 5.32 Å². The molecule has 1 aliphatic carbocycles. The van der Waals surface area contributed by atoms with Crippen LogP contribution in [0.1, 0.15) is 48.9 Å². The molecule has 0 atom stereocenters. The van der Waals surface area contributed by atoms with E-state index in [0.29, 0.717) is 25.8 Å². The lowest BCUT2D eigenvalue weighted by atomic mass is 9.94. The Morgan fingerprint density at radius 1 is 1.23 bits per heavy atom. The Bertz CT molecular complexity index is 822. The van der Waals surface area contributed by atoms with Crippen molar-refractivity contribution in [1.82, 2.24) is 14.5 Å². The second-order valence-electron chi connectivity index (χ2n) is 8.04. The quantitative estimate of drug-likeness (QED) is 0.626. The third kappa shape index (κ3) is 5.78. The van der Waals surface area contributed by atoms with Crippen LogP contribution in [0.5, 0.6) is 0 Å². The molecule has 0 bridgehead atoms. The van der Waals surface area contributed by atoms with Crippen molar-refractivity contribution in [3.05, 3.63) is 29.6 Å². The van der Waals surface area contributed by atoms with Gasteiger partial charge in [0.15, 0.2) is 0 Å². The van der Waals surface area contributed by atoms with Crippen molar-refractivity contribution < 1.29 is 22.3 Å². The Morgan fingerprint density at radius 3 is 2.63 bits per heavy atom. The Labute approximate surface area is 178 Å². The molecule has 0 unspecified atom stereocenters. The zero-order valence-corrected chi connectivity index (χ0v) is 18.4. The van der Waals surface area contributed by atoms with Crippen molar-refractivity contribution in [3.8, 4) is 0 Å². The van der Waals surface area contributed by atoms with Crippen molar-refractivity contribution in [2.24, 2.45) is 0 Å². The lowest BCUT2D eigenvalue weighted by Gasteiger charge is -2.31. The highest BCUT2D eigenvalue weighted by Gasteiger charge is 2.28. The van der Waals surface area contributed by atoms with Gasteiger partial charge >= 0.3 is 0 Å². The van der Waals surface area contributed by atoms with Crippen LogP contribution in [0.25, 0.3) is 0 Å². The molecule has 1 amide bonds. The molecular formula is C21H32FN3O4S. The van der Waals surface area contributed by atoms with Crippen LogP contribution in [-0.2, 0) is 14.8 Å². The molecule has 2 aliphatic rings. The number of carbonyl (C=O) groups is 1. The maximum Gasteiger partial charge on any atom is 0.254 e. The molecule has 1 aromatic rings. The van der Waals surface area contributed by atoms with Gasteiger partial charge in [0.2, 0.25) is 10.0 Å². The van der Waals surface area contributed by atoms with Crippen LogP contribution in [0.2, 0.25) is 0 Å². The number of morpholine rings is 1. The standard InChI is InChI=1S/C21H32FN3O4S/c1-24(17-6-3-2-4-7-17)11-5-10-23-21(26)19-16-18(8-9-20(19)22)30(27,28)25-12-14-29-15-13-25/h8-9,16-17H,2-7,10-15H2,1H3,(H,23,26). The molecule has 0 radical (unpaired) electrons. The molecule has 30 heavy (non-hydrogen) atoms. The van der Waals surface area contributed by atoms with Gasteiger partial charge in [-0.1, -0.05) is 19.3 Å². The first-order valence-electron chi connectivity index (χ1n) is 10.8. The summed E-state index contributed by atoms with van der Waals surface area (Å²) in [7, 11) is -1.68. The predicted octanol–water partition coefficient (Wildman–Crippen LogP) is 2.23. The smallest absolute Gasteiger partial charge is 0.254 e. The topological polar surface area (TPSA) is 79.0 Å². The summed E-state index contributed by atoms with van der Waals surface area (Å²) < 4.78 is 46.3. The summed E-state index contributed by atoms with van der Waals surface area (Å²) in [6.45, 7) is 2.41. The van der Waals surface area contributed by atoms with Crippen molar-refractivity contribution in [3.63, 3.8) is 0 Å². The van der Waals surface area contributed by atoms with E-state index in [-0.39, 0.29) is 23.5 Å². The average Bonchev–Trinajstić information content (AvgIpc) is 2.77. The van der Waals surface area contributed by atoms with Crippen molar-refractivity contribution in [2.45, 2.75) is 49.5 Å². The van der Waals surface area contributed by atoms with Gasteiger partial charge in [-0.15, -0.1) is 0 Å². The zero-order chi connectivity index (χ0) is 21.6. The molecule has 168 valence electrons. The number of rotatable bonds is 8. The highest BCUT2D eigenvalue weighted by molar-refractivity contribution is 7.89. The van der Waals surface area contributed by atoms with E-state index in [4.69, 9.17) is 4.74 Å². The molecular weight excluding hydrogens is 409 g/mol. The van der Waals surface area contributed by atoms with Gasteiger partial charge in [-0.3, -0.25) is 4.79 Å². The van der Waals surface area contributed by atoms with Gasteiger partial charge in [0.1, 0.15) is 5.82 Å². The van der Waals surface area contributed by atoms with Gasteiger partial charge < -0.3 is 15.0 Å². The van der Waals surface area contributed by atoms with Crippen LogP contribution in [-0.4, -0.2) is 76.0 Å². The molecule has 1 heterocycles. The Morgan fingerprint density at radius 2 is 1.93 bits per heavy atom. The van der Waals surface area contributed by atoms with Crippen LogP contribution in [0, 0.1) is 5.82 Å². The minimum atomic E-state index is -3.78. The third-order valence-corrected chi connectivity index (χ3v) is 7.86. The molecule has 2 fully saturated rings. The molecule has 3 rings (SSSR count). The first-order chi connectivity index (χ1) is 14.4. The maximum absolute atomic E-state index is 14.2. The highest BCUT2D eigenvalue weighted by Crippen LogP contribution is 2.22. The van der Waals surface area contributed by atoms with Gasteiger partial charge in [0.25, 0.3) is 5.91 Å². The molecule has 9 heteroatoms. The lowest BCUT2D eigenvalue weighted by molar-refractivity contribution is 0.0730. The summed E-state index contributed by atoms with van der Waals surface area (Å²) >= 11 is 0. The summed E-state index contributed by atoms with van der Waals surface area (Å²) in [6.07, 6.45) is 7.05. The number of nitrogens with zero attached hydrogens (tertiary/aromatic N) is 2. The fraction of sp³-hybridized carbons (Fsp3) is 0.667. The van der Waals surface area contributed by atoms with E-state index in [1.807, 2.05) is 0 Å². The van der Waals surface area contributed by atoms with Crippen LogP contribution in [0.4, 0.5) is 4.39 Å². The minimum Gasteiger partial charge on any atom is -0.379 e. The second kappa shape index (κ2) is 10.7. The molecule has 7 nitrogen and oxygen atoms in total. The van der Waals surface area contributed by atoms with E-state index >= 15 is 0 Å². The predicted molar refractivity (Wildman–Crippen MR) is 112 cm³/mol. The number of hydrogen-bond donors (Lipinski definition) is 1. The van der Waals surface area contributed by atoms with Gasteiger partial charge in [-0.05, 0) is 51.1 Å². The van der Waals surface area contributed by atoms with Gasteiger partial charge in [-0.25, -0.2) is 12.8 Å². The molecule has 1 saturated heterocycles. The van der Waals surface area contributed by atoms with E-state index in [1.54, 1.807) is 0 Å². The number of nitrogens with one attached hydrogen (secondary N) is 1. The molecule has 0 spiro atoms. The number of ether oxygens (including phenoxy) is 1. The molecule has 1 aromatic carbocycles. The monoisotopic (exact) mass is 441 g/mol. The number of amides is 1. The molecule has 0 aromatic heterocycles. The third-order valence-electron chi connectivity index (χ3n) is 5.96. The van der Waals surface area contributed by atoms with Crippen molar-refractivity contribution in [2.75, 3.05) is 46.4 Å². The first-order valence-corrected chi connectivity index (χ1v) is 12.2. The van der Waals surface area contributed by atoms with Gasteiger partial charge in [0, 0.05) is 25.7 Å². The van der Waals surface area contributed by atoms with Crippen LogP contribution in [0.3, 0.4) is 0 Å². The van der Waals surface area contributed by atoms with Crippen LogP contribution >= 0.6 is 0 Å². The van der Waals surface area contributed by atoms with Gasteiger partial charge in [0.05, 0.1) is 23.7 Å². The molecule has 1 N–H and O–H groups in total. The summed E-state index contributed by atoms with van der Waals surface area (Å²) in [6, 6.07) is 3.98. The van der Waals surface area contributed by atoms with E-state index in [2.05, 4.69) is 17.3 Å². The molecule has 1 saturated carbocycles. The molecule has 1 aliphatic heterocycles.